The minimum absolute atomic E-state index is 0.130. The lowest BCUT2D eigenvalue weighted by Crippen LogP contribution is -2.50. The molecule has 1 fully saturated rings. The topological polar surface area (TPSA) is 91.4 Å². The summed E-state index contributed by atoms with van der Waals surface area (Å²) in [6.45, 7) is 6.06. The first-order valence-corrected chi connectivity index (χ1v) is 10.9. The van der Waals surface area contributed by atoms with Crippen molar-refractivity contribution in [2.45, 2.75) is 44.4 Å². The summed E-state index contributed by atoms with van der Waals surface area (Å²) in [5.41, 5.74) is 3.35. The van der Waals surface area contributed by atoms with Gasteiger partial charge in [0.25, 0.3) is 0 Å². The number of sulfonamides is 1. The van der Waals surface area contributed by atoms with E-state index in [9.17, 15) is 13.2 Å². The number of amides is 2. The van der Waals surface area contributed by atoms with E-state index in [0.29, 0.717) is 31.6 Å². The first-order chi connectivity index (χ1) is 12.2. The third kappa shape index (κ3) is 4.16. The van der Waals surface area contributed by atoms with Crippen LogP contribution in [-0.4, -0.2) is 48.2 Å². The van der Waals surface area contributed by atoms with Crippen LogP contribution in [0.3, 0.4) is 0 Å². The third-order valence-electron chi connectivity index (χ3n) is 4.49. The molecule has 2 heterocycles. The predicted octanol–water partition coefficient (Wildman–Crippen LogP) is 3.01. The van der Waals surface area contributed by atoms with Crippen molar-refractivity contribution in [1.82, 2.24) is 14.6 Å². The second-order valence-electron chi connectivity index (χ2n) is 7.46. The molecule has 0 unspecified atom stereocenters. The van der Waals surface area contributed by atoms with Crippen molar-refractivity contribution in [3.63, 3.8) is 0 Å². The molecule has 2 aromatic rings. The molecule has 26 heavy (non-hydrogen) atoms. The number of carbonyl (C=O) groups excluding carboxylic acids is 1. The molecule has 0 radical (unpaired) electrons. The molecule has 2 N–H and O–H groups in total. The van der Waals surface area contributed by atoms with Crippen LogP contribution in [0.2, 0.25) is 0 Å². The average Bonchev–Trinajstić information content (AvgIpc) is 3.01. The Balaban J connectivity index is 1.55. The number of carbonyl (C=O) groups is 1. The van der Waals surface area contributed by atoms with Gasteiger partial charge in [0.05, 0.1) is 20.5 Å². The van der Waals surface area contributed by atoms with Crippen molar-refractivity contribution in [3.05, 3.63) is 23.7 Å². The summed E-state index contributed by atoms with van der Waals surface area (Å²) >= 11 is 1.56. The van der Waals surface area contributed by atoms with Crippen LogP contribution in [0.1, 0.15) is 33.6 Å². The first-order valence-electron chi connectivity index (χ1n) is 8.57. The van der Waals surface area contributed by atoms with Gasteiger partial charge in [0.15, 0.2) is 0 Å². The van der Waals surface area contributed by atoms with E-state index in [2.05, 4.69) is 15.0 Å². The highest BCUT2D eigenvalue weighted by Gasteiger charge is 2.33. The van der Waals surface area contributed by atoms with Crippen molar-refractivity contribution in [2.75, 3.05) is 18.4 Å². The number of piperidine rings is 1. The highest BCUT2D eigenvalue weighted by molar-refractivity contribution is 7.90. The fraction of sp³-hybridized carbons (Fsp3) is 0.529. The normalized spacial score (nSPS) is 16.8. The summed E-state index contributed by atoms with van der Waals surface area (Å²) in [4.78, 5) is 18.4. The van der Waals surface area contributed by atoms with Gasteiger partial charge in [0.1, 0.15) is 0 Å². The van der Waals surface area contributed by atoms with Crippen LogP contribution in [0.4, 0.5) is 10.5 Å². The zero-order valence-electron chi connectivity index (χ0n) is 15.2. The van der Waals surface area contributed by atoms with E-state index < -0.39 is 14.8 Å². The SMILES string of the molecule is CC(C)(C)S(=O)(=O)NC1CCN(C(=O)Nc2ccc3scnc3c2)CC1. The lowest BCUT2D eigenvalue weighted by atomic mass is 10.1. The lowest BCUT2D eigenvalue weighted by molar-refractivity contribution is 0.193. The van der Waals surface area contributed by atoms with Gasteiger partial charge in [-0.1, -0.05) is 0 Å². The molecule has 7 nitrogen and oxygen atoms in total. The van der Waals surface area contributed by atoms with Crippen LogP contribution in [-0.2, 0) is 10.0 Å². The minimum Gasteiger partial charge on any atom is -0.324 e. The molecule has 1 aromatic carbocycles. The Hall–Kier alpha value is -1.71. The highest BCUT2D eigenvalue weighted by Crippen LogP contribution is 2.22. The van der Waals surface area contributed by atoms with Gasteiger partial charge in [-0.15, -0.1) is 11.3 Å². The second-order valence-corrected chi connectivity index (χ2v) is 10.8. The Kier molecular flexibility index (Phi) is 5.23. The number of hydrogen-bond acceptors (Lipinski definition) is 5. The predicted molar refractivity (Wildman–Crippen MR) is 105 cm³/mol. The zero-order chi connectivity index (χ0) is 18.9. The van der Waals surface area contributed by atoms with Gasteiger partial charge in [-0.2, -0.15) is 0 Å². The van der Waals surface area contributed by atoms with Crippen LogP contribution in [0.15, 0.2) is 23.7 Å². The van der Waals surface area contributed by atoms with E-state index in [4.69, 9.17) is 0 Å². The first kappa shape index (κ1) is 19.1. The fourth-order valence-corrected chi connectivity index (χ4v) is 4.42. The zero-order valence-corrected chi connectivity index (χ0v) is 16.8. The van der Waals surface area contributed by atoms with Crippen LogP contribution >= 0.6 is 11.3 Å². The fourth-order valence-electron chi connectivity index (χ4n) is 2.73. The summed E-state index contributed by atoms with van der Waals surface area (Å²) in [6.07, 6.45) is 1.21. The van der Waals surface area contributed by atoms with Gasteiger partial charge in [-0.25, -0.2) is 22.9 Å². The molecule has 0 bridgehead atoms. The highest BCUT2D eigenvalue weighted by atomic mass is 32.2. The molecule has 1 aliphatic rings. The van der Waals surface area contributed by atoms with Crippen LogP contribution < -0.4 is 10.0 Å². The largest absolute Gasteiger partial charge is 0.324 e. The second kappa shape index (κ2) is 7.13. The van der Waals surface area contributed by atoms with Crippen molar-refractivity contribution < 1.29 is 13.2 Å². The van der Waals surface area contributed by atoms with Gasteiger partial charge in [-0.3, -0.25) is 0 Å². The lowest BCUT2D eigenvalue weighted by Gasteiger charge is -2.33. The Morgan fingerprint density at radius 1 is 1.27 bits per heavy atom. The van der Waals surface area contributed by atoms with Gasteiger partial charge in [0, 0.05) is 24.8 Å². The van der Waals surface area contributed by atoms with Crippen molar-refractivity contribution >= 4 is 43.3 Å². The molecule has 1 aromatic heterocycles. The Morgan fingerprint density at radius 2 is 1.96 bits per heavy atom. The molecule has 1 aliphatic heterocycles. The number of fused-ring (bicyclic) bond motifs is 1. The molecule has 3 rings (SSSR count). The molecule has 142 valence electrons. The summed E-state index contributed by atoms with van der Waals surface area (Å²) in [5.74, 6) is 0. The monoisotopic (exact) mass is 396 g/mol. The van der Waals surface area contributed by atoms with Crippen molar-refractivity contribution in [3.8, 4) is 0 Å². The van der Waals surface area contributed by atoms with E-state index in [1.165, 1.54) is 0 Å². The van der Waals surface area contributed by atoms with E-state index in [1.54, 1.807) is 42.5 Å². The van der Waals surface area contributed by atoms with E-state index in [0.717, 1.165) is 10.2 Å². The van der Waals surface area contributed by atoms with E-state index in [1.807, 2.05) is 18.2 Å². The minimum atomic E-state index is -3.37. The number of thiazole rings is 1. The molecule has 0 spiro atoms. The van der Waals surface area contributed by atoms with Gasteiger partial charge in [0.2, 0.25) is 10.0 Å². The van der Waals surface area contributed by atoms with Crippen molar-refractivity contribution in [2.24, 2.45) is 0 Å². The molecular formula is C17H24N4O3S2. The maximum absolute atomic E-state index is 12.5. The summed E-state index contributed by atoms with van der Waals surface area (Å²) < 4.78 is 27.5. The molecular weight excluding hydrogens is 372 g/mol. The maximum atomic E-state index is 12.5. The van der Waals surface area contributed by atoms with Crippen LogP contribution in [0, 0.1) is 0 Å². The number of nitrogens with zero attached hydrogens (tertiary/aromatic N) is 2. The molecule has 0 aliphatic carbocycles. The quantitative estimate of drug-likeness (QED) is 0.834. The summed E-state index contributed by atoms with van der Waals surface area (Å²) in [5, 5.41) is 2.89. The molecule has 9 heteroatoms. The number of benzene rings is 1. The van der Waals surface area contributed by atoms with Crippen molar-refractivity contribution in [1.29, 1.82) is 0 Å². The average molecular weight is 397 g/mol. The Morgan fingerprint density at radius 3 is 2.62 bits per heavy atom. The number of nitrogens with one attached hydrogen (secondary N) is 2. The van der Waals surface area contributed by atoms with Gasteiger partial charge >= 0.3 is 6.03 Å². The third-order valence-corrected chi connectivity index (χ3v) is 7.56. The molecule has 2 amide bonds. The number of aromatic nitrogens is 1. The number of urea groups is 1. The number of rotatable bonds is 3. The number of likely N-dealkylation sites (tertiary alicyclic amines) is 1. The smallest absolute Gasteiger partial charge is 0.321 e. The van der Waals surface area contributed by atoms with E-state index >= 15 is 0 Å². The number of anilines is 1. The van der Waals surface area contributed by atoms with Gasteiger partial charge in [-0.05, 0) is 51.8 Å². The summed E-state index contributed by atoms with van der Waals surface area (Å²) in [6, 6.07) is 5.36. The summed E-state index contributed by atoms with van der Waals surface area (Å²) in [7, 11) is -3.37. The maximum Gasteiger partial charge on any atom is 0.321 e. The Labute approximate surface area is 157 Å². The molecule has 0 atom stereocenters. The standard InChI is InChI=1S/C17H24N4O3S2/c1-17(2,3)26(23,24)20-12-6-8-21(9-7-12)16(22)19-13-4-5-15-14(10-13)18-11-25-15/h4-5,10-12,20H,6-9H2,1-3H3,(H,19,22). The Bertz CT molecular complexity index is 894. The molecule has 1 saturated heterocycles. The number of hydrogen-bond donors (Lipinski definition) is 2. The van der Waals surface area contributed by atoms with Gasteiger partial charge < -0.3 is 10.2 Å². The molecule has 0 saturated carbocycles. The van der Waals surface area contributed by atoms with Crippen LogP contribution in [0.25, 0.3) is 10.2 Å². The van der Waals surface area contributed by atoms with E-state index in [-0.39, 0.29) is 12.1 Å². The van der Waals surface area contributed by atoms with Crippen LogP contribution in [0.5, 0.6) is 0 Å².